The lowest BCUT2D eigenvalue weighted by Crippen LogP contribution is -2.43. The van der Waals surface area contributed by atoms with E-state index in [-0.39, 0.29) is 11.6 Å². The number of hydrogen-bond donors (Lipinski definition) is 3. The number of anilines is 3. The molecule has 4 N–H and O–H groups in total. The van der Waals surface area contributed by atoms with Crippen molar-refractivity contribution in [2.24, 2.45) is 0 Å². The first-order chi connectivity index (χ1) is 13.5. The van der Waals surface area contributed by atoms with E-state index in [0.29, 0.717) is 17.6 Å². The van der Waals surface area contributed by atoms with Crippen LogP contribution in [0.2, 0.25) is 0 Å². The predicted molar refractivity (Wildman–Crippen MR) is 98.6 cm³/mol. The number of alkyl halides is 2. The van der Waals surface area contributed by atoms with Crippen molar-refractivity contribution in [3.63, 3.8) is 0 Å². The Bertz CT molecular complexity index is 989. The van der Waals surface area contributed by atoms with Gasteiger partial charge in [-0.25, -0.2) is 23.7 Å². The molecular weight excluding hydrogens is 370 g/mol. The molecule has 0 aliphatic carbocycles. The van der Waals surface area contributed by atoms with E-state index >= 15 is 0 Å². The van der Waals surface area contributed by atoms with Crippen LogP contribution < -0.4 is 21.1 Å². The van der Waals surface area contributed by atoms with Crippen LogP contribution in [0, 0.1) is 0 Å². The first kappa shape index (κ1) is 18.0. The standard InChI is InChI=1S/C17H18F2N8O/c1-28-12-2-14(25-15-3-13(20)24-17(26-15)16(18)19)22-7-11(12)9-4-23-27(8-9)10-5-21-6-10/h2-4,7-8,10,16,21H,5-6H2,1H3,(H3,20,22,24,25,26). The number of ether oxygens (including phenoxy) is 1. The highest BCUT2D eigenvalue weighted by Crippen LogP contribution is 2.32. The molecule has 1 saturated heterocycles. The fourth-order valence-electron chi connectivity index (χ4n) is 2.81. The summed E-state index contributed by atoms with van der Waals surface area (Å²) in [6.07, 6.45) is 2.50. The van der Waals surface area contributed by atoms with Crippen LogP contribution in [0.1, 0.15) is 18.3 Å². The Kier molecular flexibility index (Phi) is 4.74. The van der Waals surface area contributed by atoms with Gasteiger partial charge in [0.2, 0.25) is 0 Å². The molecule has 1 aliphatic rings. The van der Waals surface area contributed by atoms with Crippen LogP contribution in [0.5, 0.6) is 5.75 Å². The molecule has 3 aromatic rings. The third kappa shape index (κ3) is 3.56. The minimum Gasteiger partial charge on any atom is -0.496 e. The third-order valence-corrected chi connectivity index (χ3v) is 4.35. The number of hydrogen-bond acceptors (Lipinski definition) is 8. The van der Waals surface area contributed by atoms with Gasteiger partial charge in [-0.2, -0.15) is 5.10 Å². The van der Waals surface area contributed by atoms with Gasteiger partial charge in [-0.3, -0.25) is 4.68 Å². The van der Waals surface area contributed by atoms with Gasteiger partial charge >= 0.3 is 0 Å². The Morgan fingerprint density at radius 3 is 2.75 bits per heavy atom. The summed E-state index contributed by atoms with van der Waals surface area (Å²) in [4.78, 5) is 11.6. The monoisotopic (exact) mass is 388 g/mol. The molecule has 0 aromatic carbocycles. The number of nitrogen functional groups attached to an aromatic ring is 1. The van der Waals surface area contributed by atoms with Crippen LogP contribution in [0.4, 0.5) is 26.2 Å². The van der Waals surface area contributed by atoms with Crippen molar-refractivity contribution in [3.05, 3.63) is 36.5 Å². The Morgan fingerprint density at radius 1 is 1.25 bits per heavy atom. The van der Waals surface area contributed by atoms with Crippen LogP contribution >= 0.6 is 0 Å². The van der Waals surface area contributed by atoms with Gasteiger partial charge in [0.25, 0.3) is 6.43 Å². The molecule has 0 saturated carbocycles. The molecule has 4 rings (SSSR count). The summed E-state index contributed by atoms with van der Waals surface area (Å²) in [5.41, 5.74) is 7.20. The van der Waals surface area contributed by atoms with Crippen molar-refractivity contribution in [3.8, 4) is 16.9 Å². The minimum atomic E-state index is -2.82. The summed E-state index contributed by atoms with van der Waals surface area (Å²) in [5.74, 6) is 0.336. The molecule has 11 heteroatoms. The maximum atomic E-state index is 12.9. The van der Waals surface area contributed by atoms with Gasteiger partial charge in [-0.15, -0.1) is 0 Å². The smallest absolute Gasteiger partial charge is 0.297 e. The molecule has 0 spiro atoms. The second-order valence-corrected chi connectivity index (χ2v) is 6.25. The van der Waals surface area contributed by atoms with Gasteiger partial charge < -0.3 is 21.1 Å². The van der Waals surface area contributed by atoms with E-state index in [1.807, 2.05) is 10.9 Å². The molecule has 1 aliphatic heterocycles. The summed E-state index contributed by atoms with van der Waals surface area (Å²) in [7, 11) is 1.54. The molecule has 3 aromatic heterocycles. The number of rotatable bonds is 6. The lowest BCUT2D eigenvalue weighted by atomic mass is 10.1. The quantitative estimate of drug-likeness (QED) is 0.588. The van der Waals surface area contributed by atoms with Crippen LogP contribution in [0.15, 0.2) is 30.7 Å². The fourth-order valence-corrected chi connectivity index (χ4v) is 2.81. The van der Waals surface area contributed by atoms with Crippen LogP contribution in [-0.2, 0) is 0 Å². The summed E-state index contributed by atoms with van der Waals surface area (Å²) >= 11 is 0. The van der Waals surface area contributed by atoms with Crippen molar-refractivity contribution in [1.29, 1.82) is 0 Å². The van der Waals surface area contributed by atoms with Gasteiger partial charge in [0, 0.05) is 48.7 Å². The highest BCUT2D eigenvalue weighted by Gasteiger charge is 2.20. The van der Waals surface area contributed by atoms with E-state index in [0.717, 1.165) is 24.2 Å². The van der Waals surface area contributed by atoms with Crippen molar-refractivity contribution < 1.29 is 13.5 Å². The predicted octanol–water partition coefficient (Wildman–Crippen LogP) is 2.15. The van der Waals surface area contributed by atoms with Crippen molar-refractivity contribution >= 4 is 17.5 Å². The number of nitrogens with zero attached hydrogens (tertiary/aromatic N) is 5. The first-order valence-corrected chi connectivity index (χ1v) is 8.52. The van der Waals surface area contributed by atoms with E-state index in [1.54, 1.807) is 25.6 Å². The lowest BCUT2D eigenvalue weighted by molar-refractivity contribution is 0.140. The number of nitrogens with two attached hydrogens (primary N) is 1. The molecule has 28 heavy (non-hydrogen) atoms. The summed E-state index contributed by atoms with van der Waals surface area (Å²) in [6.45, 7) is 1.78. The van der Waals surface area contributed by atoms with E-state index in [9.17, 15) is 8.78 Å². The SMILES string of the molecule is COc1cc(Nc2cc(N)nc(C(F)F)n2)ncc1-c1cnn(C2CNC2)c1. The average Bonchev–Trinajstić information content (AvgIpc) is 3.08. The summed E-state index contributed by atoms with van der Waals surface area (Å²) < 4.78 is 33.1. The maximum Gasteiger partial charge on any atom is 0.297 e. The van der Waals surface area contributed by atoms with Gasteiger partial charge in [0.05, 0.1) is 19.3 Å². The van der Waals surface area contributed by atoms with E-state index in [4.69, 9.17) is 10.5 Å². The second-order valence-electron chi connectivity index (χ2n) is 6.25. The normalized spacial score (nSPS) is 14.1. The Balaban J connectivity index is 1.59. The van der Waals surface area contributed by atoms with E-state index in [1.165, 1.54) is 6.07 Å². The van der Waals surface area contributed by atoms with Gasteiger partial charge in [0.15, 0.2) is 5.82 Å². The van der Waals surface area contributed by atoms with Crippen LogP contribution in [0.3, 0.4) is 0 Å². The Labute approximate surface area is 159 Å². The largest absolute Gasteiger partial charge is 0.496 e. The Morgan fingerprint density at radius 2 is 2.07 bits per heavy atom. The average molecular weight is 388 g/mol. The third-order valence-electron chi connectivity index (χ3n) is 4.35. The summed E-state index contributed by atoms with van der Waals surface area (Å²) in [6, 6.07) is 3.35. The van der Waals surface area contributed by atoms with Gasteiger partial charge in [-0.1, -0.05) is 0 Å². The van der Waals surface area contributed by atoms with E-state index in [2.05, 4.69) is 30.7 Å². The number of nitrogens with one attached hydrogen (secondary N) is 2. The van der Waals surface area contributed by atoms with Crippen molar-refractivity contribution in [2.45, 2.75) is 12.5 Å². The topological polar surface area (TPSA) is 116 Å². The van der Waals surface area contributed by atoms with Crippen LogP contribution in [-0.4, -0.2) is 44.9 Å². The number of pyridine rings is 1. The number of methoxy groups -OCH3 is 1. The van der Waals surface area contributed by atoms with E-state index < -0.39 is 12.2 Å². The highest BCUT2D eigenvalue weighted by molar-refractivity contribution is 5.71. The molecular formula is C17H18F2N8O. The number of halogens is 2. The van der Waals surface area contributed by atoms with Crippen molar-refractivity contribution in [1.82, 2.24) is 30.0 Å². The molecule has 0 unspecified atom stereocenters. The Hall–Kier alpha value is -3.34. The molecule has 1 fully saturated rings. The zero-order valence-electron chi connectivity index (χ0n) is 14.9. The molecule has 0 radical (unpaired) electrons. The first-order valence-electron chi connectivity index (χ1n) is 8.52. The molecule has 4 heterocycles. The van der Waals surface area contributed by atoms with Gasteiger partial charge in [0.1, 0.15) is 23.2 Å². The van der Waals surface area contributed by atoms with Gasteiger partial charge in [-0.05, 0) is 0 Å². The highest BCUT2D eigenvalue weighted by atomic mass is 19.3. The molecule has 0 amide bonds. The molecule has 0 bridgehead atoms. The minimum absolute atomic E-state index is 0.0608. The van der Waals surface area contributed by atoms with Crippen LogP contribution in [0.25, 0.3) is 11.1 Å². The lowest BCUT2D eigenvalue weighted by Gasteiger charge is -2.27. The molecule has 9 nitrogen and oxygen atoms in total. The van der Waals surface area contributed by atoms with Crippen molar-refractivity contribution in [2.75, 3.05) is 31.2 Å². The summed E-state index contributed by atoms with van der Waals surface area (Å²) in [5, 5.41) is 10.4. The zero-order valence-corrected chi connectivity index (χ0v) is 14.9. The fraction of sp³-hybridized carbons (Fsp3) is 0.294. The molecule has 0 atom stereocenters. The maximum absolute atomic E-state index is 12.9. The zero-order chi connectivity index (χ0) is 19.7. The number of aromatic nitrogens is 5. The second kappa shape index (κ2) is 7.35. The molecule has 146 valence electrons.